The Hall–Kier alpha value is -2.20. The molecule has 1 aliphatic heterocycles. The zero-order valence-corrected chi connectivity index (χ0v) is 13.0. The average Bonchev–Trinajstić information content (AvgIpc) is 3.20. The summed E-state index contributed by atoms with van der Waals surface area (Å²) in [5.74, 6) is -0.142. The molecule has 3 heterocycles. The van der Waals surface area contributed by atoms with E-state index in [2.05, 4.69) is 16.1 Å². The fourth-order valence-electron chi connectivity index (χ4n) is 3.63. The van der Waals surface area contributed by atoms with Crippen molar-refractivity contribution in [2.45, 2.75) is 25.3 Å². The molecule has 0 unspecified atom stereocenters. The van der Waals surface area contributed by atoms with Crippen molar-refractivity contribution in [1.82, 2.24) is 14.5 Å². The number of benzene rings is 1. The predicted octanol–water partition coefficient (Wildman–Crippen LogP) is 3.85. The Labute approximate surface area is 135 Å². The van der Waals surface area contributed by atoms with Gasteiger partial charge in [0.05, 0.1) is 11.7 Å². The molecule has 4 heteroatoms. The lowest BCUT2D eigenvalue weighted by molar-refractivity contribution is 0.260. The van der Waals surface area contributed by atoms with E-state index < -0.39 is 0 Å². The maximum absolute atomic E-state index is 13.5. The first-order valence-corrected chi connectivity index (χ1v) is 8.22. The van der Waals surface area contributed by atoms with Gasteiger partial charge in [0.2, 0.25) is 0 Å². The van der Waals surface area contributed by atoms with Crippen LogP contribution in [0.5, 0.6) is 0 Å². The van der Waals surface area contributed by atoms with Crippen LogP contribution in [0.25, 0.3) is 5.52 Å². The van der Waals surface area contributed by atoms with Crippen molar-refractivity contribution in [2.24, 2.45) is 0 Å². The van der Waals surface area contributed by atoms with Gasteiger partial charge in [-0.15, -0.1) is 0 Å². The van der Waals surface area contributed by atoms with Gasteiger partial charge in [0.25, 0.3) is 0 Å². The summed E-state index contributed by atoms with van der Waals surface area (Å²) in [6.07, 6.45) is 7.19. The van der Waals surface area contributed by atoms with Gasteiger partial charge in [0, 0.05) is 18.8 Å². The van der Waals surface area contributed by atoms with Crippen LogP contribution in [0.15, 0.2) is 54.9 Å². The lowest BCUT2D eigenvalue weighted by atomic mass is 10.0. The second kappa shape index (κ2) is 6.13. The number of rotatable bonds is 4. The summed E-state index contributed by atoms with van der Waals surface area (Å²) in [6, 6.07) is 13.5. The van der Waals surface area contributed by atoms with Crippen molar-refractivity contribution in [3.8, 4) is 0 Å². The normalized spacial score (nSPS) is 18.7. The third-order valence-electron chi connectivity index (χ3n) is 4.77. The standard InChI is InChI=1S/C19H20FN3/c20-17-6-3-5-15(13-17)18-8-4-10-22(18)12-9-16-14-21-23-11-2-1-7-19(16)23/h1-3,5-7,11,13-14,18H,4,8-10,12H2/t18-/m0/s1. The maximum atomic E-state index is 13.5. The SMILES string of the molecule is Fc1cccc([C@@H]2CCCN2CCc2cnn3ccccc23)c1. The Balaban J connectivity index is 1.50. The second-order valence-electron chi connectivity index (χ2n) is 6.20. The van der Waals surface area contributed by atoms with Crippen LogP contribution in [0.2, 0.25) is 0 Å². The van der Waals surface area contributed by atoms with Gasteiger partial charge in [-0.05, 0) is 61.2 Å². The van der Waals surface area contributed by atoms with Gasteiger partial charge < -0.3 is 0 Å². The van der Waals surface area contributed by atoms with Gasteiger partial charge in [0.15, 0.2) is 0 Å². The van der Waals surface area contributed by atoms with Gasteiger partial charge in [-0.3, -0.25) is 4.90 Å². The lowest BCUT2D eigenvalue weighted by Crippen LogP contribution is -2.25. The van der Waals surface area contributed by atoms with Crippen LogP contribution in [-0.4, -0.2) is 27.6 Å². The quantitative estimate of drug-likeness (QED) is 0.729. The monoisotopic (exact) mass is 309 g/mol. The molecule has 0 aliphatic carbocycles. The van der Waals surface area contributed by atoms with Crippen LogP contribution >= 0.6 is 0 Å². The van der Waals surface area contributed by atoms with Crippen LogP contribution < -0.4 is 0 Å². The smallest absolute Gasteiger partial charge is 0.123 e. The molecule has 0 amide bonds. The molecule has 3 aromatic rings. The zero-order valence-electron chi connectivity index (χ0n) is 13.0. The molecule has 0 saturated carbocycles. The number of pyridine rings is 1. The van der Waals surface area contributed by atoms with Gasteiger partial charge in [-0.25, -0.2) is 8.91 Å². The summed E-state index contributed by atoms with van der Waals surface area (Å²) in [5, 5.41) is 4.40. The van der Waals surface area contributed by atoms with Gasteiger partial charge in [-0.1, -0.05) is 18.2 Å². The number of hydrogen-bond acceptors (Lipinski definition) is 2. The minimum absolute atomic E-state index is 0.142. The highest BCUT2D eigenvalue weighted by molar-refractivity contribution is 5.53. The van der Waals surface area contributed by atoms with Crippen LogP contribution in [0.3, 0.4) is 0 Å². The molecule has 2 aromatic heterocycles. The van der Waals surface area contributed by atoms with E-state index in [4.69, 9.17) is 0 Å². The summed E-state index contributed by atoms with van der Waals surface area (Å²) in [7, 11) is 0. The predicted molar refractivity (Wildman–Crippen MR) is 88.8 cm³/mol. The molecule has 0 bridgehead atoms. The number of aromatic nitrogens is 2. The molecule has 0 spiro atoms. The Morgan fingerprint density at radius 3 is 3.04 bits per heavy atom. The fourth-order valence-corrected chi connectivity index (χ4v) is 3.63. The Bertz CT molecular complexity index is 811. The fraction of sp³-hybridized carbons (Fsp3) is 0.316. The molecule has 1 fully saturated rings. The maximum Gasteiger partial charge on any atom is 0.123 e. The molecule has 1 saturated heterocycles. The first-order valence-electron chi connectivity index (χ1n) is 8.22. The number of fused-ring (bicyclic) bond motifs is 1. The molecule has 118 valence electrons. The van der Waals surface area contributed by atoms with E-state index in [9.17, 15) is 4.39 Å². The topological polar surface area (TPSA) is 20.5 Å². The summed E-state index contributed by atoms with van der Waals surface area (Å²) in [4.78, 5) is 2.47. The minimum Gasteiger partial charge on any atom is -0.296 e. The van der Waals surface area contributed by atoms with Crippen LogP contribution in [-0.2, 0) is 6.42 Å². The third-order valence-corrected chi connectivity index (χ3v) is 4.77. The highest BCUT2D eigenvalue weighted by Gasteiger charge is 2.26. The van der Waals surface area contributed by atoms with Crippen molar-refractivity contribution >= 4 is 5.52 Å². The molecule has 1 aliphatic rings. The van der Waals surface area contributed by atoms with E-state index in [1.54, 1.807) is 6.07 Å². The number of hydrogen-bond donors (Lipinski definition) is 0. The van der Waals surface area contributed by atoms with Crippen molar-refractivity contribution in [2.75, 3.05) is 13.1 Å². The van der Waals surface area contributed by atoms with E-state index in [0.717, 1.165) is 31.5 Å². The van der Waals surface area contributed by atoms with Crippen molar-refractivity contribution in [3.05, 3.63) is 71.8 Å². The van der Waals surface area contributed by atoms with E-state index in [1.807, 2.05) is 41.2 Å². The number of likely N-dealkylation sites (tertiary alicyclic amines) is 1. The Morgan fingerprint density at radius 1 is 1.17 bits per heavy atom. The highest BCUT2D eigenvalue weighted by Crippen LogP contribution is 2.32. The summed E-state index contributed by atoms with van der Waals surface area (Å²) in [5.41, 5.74) is 3.55. The zero-order chi connectivity index (χ0) is 15.6. The highest BCUT2D eigenvalue weighted by atomic mass is 19.1. The molecule has 1 atom stereocenters. The van der Waals surface area contributed by atoms with Crippen molar-refractivity contribution in [3.63, 3.8) is 0 Å². The molecule has 23 heavy (non-hydrogen) atoms. The molecule has 4 rings (SSSR count). The average molecular weight is 309 g/mol. The summed E-state index contributed by atoms with van der Waals surface area (Å²) in [6.45, 7) is 2.07. The van der Waals surface area contributed by atoms with E-state index in [-0.39, 0.29) is 5.82 Å². The molecule has 0 radical (unpaired) electrons. The lowest BCUT2D eigenvalue weighted by Gasteiger charge is -2.24. The second-order valence-corrected chi connectivity index (χ2v) is 6.20. The summed E-state index contributed by atoms with van der Waals surface area (Å²) < 4.78 is 15.4. The Kier molecular flexibility index (Phi) is 3.83. The summed E-state index contributed by atoms with van der Waals surface area (Å²) >= 11 is 0. The van der Waals surface area contributed by atoms with Crippen molar-refractivity contribution < 1.29 is 4.39 Å². The van der Waals surface area contributed by atoms with E-state index in [1.165, 1.54) is 23.6 Å². The van der Waals surface area contributed by atoms with E-state index >= 15 is 0 Å². The third kappa shape index (κ3) is 2.86. The van der Waals surface area contributed by atoms with Gasteiger partial charge >= 0.3 is 0 Å². The molecule has 1 aromatic carbocycles. The first-order chi connectivity index (χ1) is 11.3. The molecule has 3 nitrogen and oxygen atoms in total. The number of nitrogens with zero attached hydrogens (tertiary/aromatic N) is 3. The van der Waals surface area contributed by atoms with Crippen LogP contribution in [0.1, 0.15) is 30.0 Å². The van der Waals surface area contributed by atoms with E-state index in [0.29, 0.717) is 6.04 Å². The van der Waals surface area contributed by atoms with Gasteiger partial charge in [-0.2, -0.15) is 5.10 Å². The van der Waals surface area contributed by atoms with Crippen LogP contribution in [0, 0.1) is 5.82 Å². The van der Waals surface area contributed by atoms with Gasteiger partial charge in [0.1, 0.15) is 5.82 Å². The largest absolute Gasteiger partial charge is 0.296 e. The first kappa shape index (κ1) is 14.4. The molecular weight excluding hydrogens is 289 g/mol. The van der Waals surface area contributed by atoms with Crippen molar-refractivity contribution in [1.29, 1.82) is 0 Å². The Morgan fingerprint density at radius 2 is 2.13 bits per heavy atom. The molecule has 0 N–H and O–H groups in total. The number of halogens is 1. The minimum atomic E-state index is -0.142. The molecular formula is C19H20FN3. The van der Waals surface area contributed by atoms with Crippen LogP contribution in [0.4, 0.5) is 4.39 Å².